The van der Waals surface area contributed by atoms with E-state index in [2.05, 4.69) is 0 Å². The number of esters is 1. The first-order chi connectivity index (χ1) is 17.5. The Morgan fingerprint density at radius 2 is 1.84 bits per heavy atom. The number of benzene rings is 1. The molecule has 0 bridgehead atoms. The predicted octanol–water partition coefficient (Wildman–Crippen LogP) is 3.06. The van der Waals surface area contributed by atoms with Crippen LogP contribution in [0.3, 0.4) is 0 Å². The second-order valence-corrected chi connectivity index (χ2v) is 11.7. The van der Waals surface area contributed by atoms with E-state index in [0.717, 1.165) is 11.1 Å². The molecule has 37 heavy (non-hydrogen) atoms. The van der Waals surface area contributed by atoms with Crippen LogP contribution in [0.1, 0.15) is 57.9 Å². The van der Waals surface area contributed by atoms with Gasteiger partial charge in [-0.05, 0) is 68.9 Å². The molecule has 7 nitrogen and oxygen atoms in total. The van der Waals surface area contributed by atoms with Gasteiger partial charge in [0.15, 0.2) is 11.6 Å². The first-order valence-electron chi connectivity index (χ1n) is 13.3. The van der Waals surface area contributed by atoms with E-state index in [9.17, 15) is 29.7 Å². The van der Waals surface area contributed by atoms with Crippen molar-refractivity contribution < 1.29 is 34.4 Å². The molecular weight excluding hydrogens is 472 g/mol. The fraction of sp³-hybridized carbons (Fsp3) is 0.567. The molecule has 4 aliphatic rings. The lowest BCUT2D eigenvalue weighted by atomic mass is 9.45. The van der Waals surface area contributed by atoms with E-state index >= 15 is 0 Å². The molecule has 0 radical (unpaired) electrons. The third-order valence-corrected chi connectivity index (χ3v) is 10.1. The lowest BCUT2D eigenvalue weighted by molar-refractivity contribution is -0.182. The monoisotopic (exact) mass is 508 g/mol. The first-order valence-corrected chi connectivity index (χ1v) is 13.3. The Balaban J connectivity index is 1.43. The molecule has 198 valence electrons. The number of rotatable bonds is 6. The first kappa shape index (κ1) is 26.0. The quantitative estimate of drug-likeness (QED) is 0.505. The Bertz CT molecular complexity index is 1170. The van der Waals surface area contributed by atoms with Crippen LogP contribution in [0.2, 0.25) is 0 Å². The minimum atomic E-state index is -1.68. The predicted molar refractivity (Wildman–Crippen MR) is 135 cm³/mol. The highest BCUT2D eigenvalue weighted by Gasteiger charge is 2.69. The van der Waals surface area contributed by atoms with Gasteiger partial charge in [0.05, 0.1) is 11.5 Å². The molecule has 0 amide bonds. The van der Waals surface area contributed by atoms with Crippen molar-refractivity contribution in [1.82, 2.24) is 0 Å². The Morgan fingerprint density at radius 1 is 1.11 bits per heavy atom. The van der Waals surface area contributed by atoms with Gasteiger partial charge < -0.3 is 20.1 Å². The lowest BCUT2D eigenvalue weighted by Crippen LogP contribution is -2.62. The van der Waals surface area contributed by atoms with Gasteiger partial charge in [-0.3, -0.25) is 14.4 Å². The molecule has 0 aromatic heterocycles. The summed E-state index contributed by atoms with van der Waals surface area (Å²) in [6.07, 6.45) is 5.14. The van der Waals surface area contributed by atoms with Crippen molar-refractivity contribution >= 4 is 17.5 Å². The number of ether oxygens (including phenoxy) is 1. The highest BCUT2D eigenvalue weighted by atomic mass is 16.5. The van der Waals surface area contributed by atoms with Crippen molar-refractivity contribution in [2.45, 2.75) is 70.5 Å². The summed E-state index contributed by atoms with van der Waals surface area (Å²) in [6, 6.07) is 9.65. The van der Waals surface area contributed by atoms with Crippen LogP contribution in [0, 0.1) is 28.6 Å². The number of hydrogen-bond acceptors (Lipinski definition) is 7. The van der Waals surface area contributed by atoms with E-state index < -0.39 is 40.9 Å². The number of ketones is 2. The molecule has 5 rings (SSSR count). The molecule has 7 atom stereocenters. The molecule has 0 unspecified atom stereocenters. The van der Waals surface area contributed by atoms with E-state index in [1.165, 1.54) is 6.08 Å². The number of carbonyl (C=O) groups excluding carboxylic acids is 3. The maximum absolute atomic E-state index is 12.9. The molecule has 0 spiro atoms. The smallest absolute Gasteiger partial charge is 0.311 e. The van der Waals surface area contributed by atoms with Crippen LogP contribution in [0.15, 0.2) is 53.8 Å². The summed E-state index contributed by atoms with van der Waals surface area (Å²) >= 11 is 0. The van der Waals surface area contributed by atoms with E-state index in [1.807, 2.05) is 44.2 Å². The van der Waals surface area contributed by atoms with E-state index in [1.54, 1.807) is 6.08 Å². The molecule has 0 heterocycles. The Kier molecular flexibility index (Phi) is 6.54. The molecule has 4 aliphatic carbocycles. The summed E-state index contributed by atoms with van der Waals surface area (Å²) < 4.78 is 5.90. The number of aliphatic hydroxyl groups excluding tert-OH is 2. The number of Topliss-reactive ketones (excluding diaryl/α,β-unsaturated/α-hetero) is 1. The molecule has 0 aliphatic heterocycles. The standard InChI is InChI=1S/C30H36O7/c1-28-16-23(33)27-21(22(28)12-13-30(28,36)24(34)17-31)10-9-19-14-20(32)15-25(29(19,27)2)37-26(35)11-8-18-6-4-3-5-7-18/h3-7,14-15,21-23,27,31,33,36H,8-13,16-17H2,1-2H3/t21-,22-,23-,27+,28-,29+,30-/m0/s1. The fourth-order valence-electron chi connectivity index (χ4n) is 8.19. The molecular formula is C30H36O7. The summed E-state index contributed by atoms with van der Waals surface area (Å²) in [7, 11) is 0. The zero-order valence-corrected chi connectivity index (χ0v) is 21.5. The highest BCUT2D eigenvalue weighted by molar-refractivity contribution is 6.02. The summed E-state index contributed by atoms with van der Waals surface area (Å²) in [4.78, 5) is 38.2. The normalized spacial score (nSPS) is 38.6. The third-order valence-electron chi connectivity index (χ3n) is 10.1. The number of hydrogen-bond donors (Lipinski definition) is 3. The maximum atomic E-state index is 12.9. The zero-order valence-electron chi connectivity index (χ0n) is 21.5. The number of aryl methyl sites for hydroxylation is 1. The van der Waals surface area contributed by atoms with Crippen molar-refractivity contribution in [3.8, 4) is 0 Å². The van der Waals surface area contributed by atoms with Crippen molar-refractivity contribution in [3.05, 3.63) is 59.4 Å². The molecule has 3 N–H and O–H groups in total. The number of aliphatic hydroxyl groups is 3. The number of carbonyl (C=O) groups is 3. The van der Waals surface area contributed by atoms with Crippen LogP contribution in [-0.4, -0.2) is 51.2 Å². The Hall–Kier alpha value is -2.61. The highest BCUT2D eigenvalue weighted by Crippen LogP contribution is 2.68. The van der Waals surface area contributed by atoms with Gasteiger partial charge in [0.2, 0.25) is 0 Å². The zero-order chi connectivity index (χ0) is 26.6. The molecule has 1 aromatic rings. The summed E-state index contributed by atoms with van der Waals surface area (Å²) in [6.45, 7) is 3.07. The van der Waals surface area contributed by atoms with Crippen LogP contribution < -0.4 is 0 Å². The summed E-state index contributed by atoms with van der Waals surface area (Å²) in [5, 5.41) is 32.6. The van der Waals surface area contributed by atoms with Crippen molar-refractivity contribution in [3.63, 3.8) is 0 Å². The van der Waals surface area contributed by atoms with Gasteiger partial charge in [-0.25, -0.2) is 0 Å². The van der Waals surface area contributed by atoms with Crippen LogP contribution in [-0.2, 0) is 25.5 Å². The van der Waals surface area contributed by atoms with Gasteiger partial charge in [0.1, 0.15) is 18.0 Å². The van der Waals surface area contributed by atoms with Crippen LogP contribution >= 0.6 is 0 Å². The lowest BCUT2D eigenvalue weighted by Gasteiger charge is -2.60. The topological polar surface area (TPSA) is 121 Å². The summed E-state index contributed by atoms with van der Waals surface area (Å²) in [5.41, 5.74) is -1.52. The minimum absolute atomic E-state index is 0.0453. The van der Waals surface area contributed by atoms with E-state index in [-0.39, 0.29) is 48.6 Å². The molecule has 3 fully saturated rings. The molecule has 0 saturated heterocycles. The second-order valence-electron chi connectivity index (χ2n) is 11.7. The van der Waals surface area contributed by atoms with E-state index in [0.29, 0.717) is 25.7 Å². The SMILES string of the molecule is C[C@@]12C(=CC(=O)C=C1OC(=O)CCc1ccccc1)CC[C@@H]1[C@@H]2[C@@H](O)C[C@@]2(C)[C@H]1CC[C@]2(O)C(=O)CO. The Morgan fingerprint density at radius 3 is 2.54 bits per heavy atom. The minimum Gasteiger partial charge on any atom is -0.430 e. The fourth-order valence-corrected chi connectivity index (χ4v) is 8.19. The van der Waals surface area contributed by atoms with Crippen molar-refractivity contribution in [2.24, 2.45) is 28.6 Å². The van der Waals surface area contributed by atoms with Gasteiger partial charge in [0, 0.05) is 23.8 Å². The average Bonchev–Trinajstić information content (AvgIpc) is 3.14. The largest absolute Gasteiger partial charge is 0.430 e. The second kappa shape index (κ2) is 9.29. The average molecular weight is 509 g/mol. The molecule has 7 heteroatoms. The van der Waals surface area contributed by atoms with Gasteiger partial charge >= 0.3 is 5.97 Å². The van der Waals surface area contributed by atoms with Crippen LogP contribution in [0.5, 0.6) is 0 Å². The van der Waals surface area contributed by atoms with Crippen LogP contribution in [0.25, 0.3) is 0 Å². The molecule has 1 aromatic carbocycles. The number of fused-ring (bicyclic) bond motifs is 5. The maximum Gasteiger partial charge on any atom is 0.311 e. The van der Waals surface area contributed by atoms with Gasteiger partial charge in [-0.1, -0.05) is 42.8 Å². The van der Waals surface area contributed by atoms with E-state index in [4.69, 9.17) is 4.74 Å². The van der Waals surface area contributed by atoms with Crippen LogP contribution in [0.4, 0.5) is 0 Å². The van der Waals surface area contributed by atoms with Crippen molar-refractivity contribution in [1.29, 1.82) is 0 Å². The summed E-state index contributed by atoms with van der Waals surface area (Å²) in [5.74, 6) is -1.39. The third kappa shape index (κ3) is 3.94. The molecule has 3 saturated carbocycles. The Labute approximate surface area is 217 Å². The van der Waals surface area contributed by atoms with Gasteiger partial charge in [-0.2, -0.15) is 0 Å². The number of allylic oxidation sites excluding steroid dienone is 3. The van der Waals surface area contributed by atoms with Gasteiger partial charge in [0.25, 0.3) is 0 Å². The van der Waals surface area contributed by atoms with Crippen molar-refractivity contribution in [2.75, 3.05) is 6.61 Å². The van der Waals surface area contributed by atoms with Gasteiger partial charge in [-0.15, -0.1) is 0 Å².